The van der Waals surface area contributed by atoms with Crippen LogP contribution in [0.25, 0.3) is 0 Å². The van der Waals surface area contributed by atoms with Crippen LogP contribution in [0.5, 0.6) is 5.75 Å². The van der Waals surface area contributed by atoms with Crippen molar-refractivity contribution in [2.75, 3.05) is 18.5 Å². The van der Waals surface area contributed by atoms with Crippen LogP contribution in [0.4, 0.5) is 5.69 Å². The van der Waals surface area contributed by atoms with Crippen molar-refractivity contribution in [1.82, 2.24) is 0 Å². The fraction of sp³-hybridized carbons (Fsp3) is 0.231. The zero-order chi connectivity index (χ0) is 12.8. The van der Waals surface area contributed by atoms with E-state index in [0.717, 1.165) is 15.9 Å². The standard InChI is InChI=1S/C13H14BrNO2S/c14-10-1-3-13(4-2-10)17-8-12(16)7-15-11-5-6-18-9-11/h1-6,9,12,15-16H,7-8H2. The van der Waals surface area contributed by atoms with Crippen molar-refractivity contribution in [3.05, 3.63) is 45.6 Å². The number of hydrogen-bond donors (Lipinski definition) is 2. The Hall–Kier alpha value is -1.04. The zero-order valence-corrected chi connectivity index (χ0v) is 12.1. The van der Waals surface area contributed by atoms with Gasteiger partial charge in [-0.15, -0.1) is 0 Å². The first-order valence-electron chi connectivity index (χ1n) is 5.56. The normalized spacial score (nSPS) is 12.1. The molecule has 0 aliphatic carbocycles. The number of halogens is 1. The highest BCUT2D eigenvalue weighted by Crippen LogP contribution is 2.16. The summed E-state index contributed by atoms with van der Waals surface area (Å²) in [6.07, 6.45) is -0.534. The van der Waals surface area contributed by atoms with Gasteiger partial charge in [0.05, 0.1) is 0 Å². The van der Waals surface area contributed by atoms with E-state index in [2.05, 4.69) is 21.2 Å². The molecule has 0 radical (unpaired) electrons. The highest BCUT2D eigenvalue weighted by Gasteiger charge is 2.05. The molecule has 1 atom stereocenters. The van der Waals surface area contributed by atoms with E-state index in [1.807, 2.05) is 41.1 Å². The number of anilines is 1. The van der Waals surface area contributed by atoms with Crippen molar-refractivity contribution < 1.29 is 9.84 Å². The maximum Gasteiger partial charge on any atom is 0.119 e. The van der Waals surface area contributed by atoms with Crippen molar-refractivity contribution in [3.8, 4) is 5.75 Å². The van der Waals surface area contributed by atoms with E-state index in [9.17, 15) is 5.11 Å². The number of nitrogens with one attached hydrogen (secondary N) is 1. The second kappa shape index (κ2) is 6.78. The van der Waals surface area contributed by atoms with E-state index >= 15 is 0 Å². The van der Waals surface area contributed by atoms with Crippen molar-refractivity contribution >= 4 is 33.0 Å². The third-order valence-electron chi connectivity index (χ3n) is 2.32. The molecule has 1 aromatic heterocycles. The molecule has 0 saturated heterocycles. The molecule has 2 rings (SSSR count). The summed E-state index contributed by atoms with van der Waals surface area (Å²) in [4.78, 5) is 0. The Morgan fingerprint density at radius 3 is 2.72 bits per heavy atom. The number of benzene rings is 1. The largest absolute Gasteiger partial charge is 0.491 e. The Labute approximate surface area is 119 Å². The van der Waals surface area contributed by atoms with E-state index in [1.54, 1.807) is 11.3 Å². The molecule has 2 N–H and O–H groups in total. The van der Waals surface area contributed by atoms with Crippen molar-refractivity contribution in [2.24, 2.45) is 0 Å². The molecule has 1 heterocycles. The minimum absolute atomic E-state index is 0.277. The van der Waals surface area contributed by atoms with Crippen LogP contribution in [0.1, 0.15) is 0 Å². The Morgan fingerprint density at radius 1 is 1.28 bits per heavy atom. The lowest BCUT2D eigenvalue weighted by atomic mass is 10.3. The highest BCUT2D eigenvalue weighted by atomic mass is 79.9. The predicted octanol–water partition coefficient (Wildman–Crippen LogP) is 3.36. The van der Waals surface area contributed by atoms with Gasteiger partial charge in [-0.3, -0.25) is 0 Å². The van der Waals surface area contributed by atoms with Gasteiger partial charge in [0.15, 0.2) is 0 Å². The zero-order valence-electron chi connectivity index (χ0n) is 9.67. The lowest BCUT2D eigenvalue weighted by molar-refractivity contribution is 0.117. The van der Waals surface area contributed by atoms with Crippen LogP contribution in [0.2, 0.25) is 0 Å². The minimum Gasteiger partial charge on any atom is -0.491 e. The summed E-state index contributed by atoms with van der Waals surface area (Å²) in [7, 11) is 0. The van der Waals surface area contributed by atoms with Gasteiger partial charge in [-0.25, -0.2) is 0 Å². The topological polar surface area (TPSA) is 41.5 Å². The predicted molar refractivity (Wildman–Crippen MR) is 78.5 cm³/mol. The van der Waals surface area contributed by atoms with E-state index in [4.69, 9.17) is 4.74 Å². The fourth-order valence-corrected chi connectivity index (χ4v) is 2.26. The third kappa shape index (κ3) is 4.33. The molecule has 0 fully saturated rings. The molecule has 2 aromatic rings. The van der Waals surface area contributed by atoms with Gasteiger partial charge in [0.25, 0.3) is 0 Å². The Balaban J connectivity index is 1.71. The molecule has 0 aliphatic heterocycles. The van der Waals surface area contributed by atoms with E-state index in [-0.39, 0.29) is 6.61 Å². The number of hydrogen-bond acceptors (Lipinski definition) is 4. The number of thiophene rings is 1. The van der Waals surface area contributed by atoms with E-state index in [1.165, 1.54) is 0 Å². The van der Waals surface area contributed by atoms with Gasteiger partial charge >= 0.3 is 0 Å². The Kier molecular flexibility index (Phi) is 5.04. The van der Waals surface area contributed by atoms with Crippen LogP contribution in [0, 0.1) is 0 Å². The van der Waals surface area contributed by atoms with Gasteiger partial charge in [-0.05, 0) is 35.7 Å². The van der Waals surface area contributed by atoms with Crippen molar-refractivity contribution in [2.45, 2.75) is 6.10 Å². The molecule has 5 heteroatoms. The molecule has 0 spiro atoms. The summed E-state index contributed by atoms with van der Waals surface area (Å²) in [6.45, 7) is 0.756. The van der Waals surface area contributed by atoms with Gasteiger partial charge in [0.1, 0.15) is 18.5 Å². The van der Waals surface area contributed by atoms with Gasteiger partial charge in [0.2, 0.25) is 0 Å². The summed E-state index contributed by atoms with van der Waals surface area (Å²) in [5, 5.41) is 16.9. The average molecular weight is 328 g/mol. The molecular formula is C13H14BrNO2S. The van der Waals surface area contributed by atoms with Gasteiger partial charge in [-0.1, -0.05) is 15.9 Å². The van der Waals surface area contributed by atoms with E-state index in [0.29, 0.717) is 6.54 Å². The maximum atomic E-state index is 9.77. The molecule has 0 aliphatic rings. The van der Waals surface area contributed by atoms with E-state index < -0.39 is 6.10 Å². The number of aliphatic hydroxyl groups excluding tert-OH is 1. The molecule has 3 nitrogen and oxygen atoms in total. The molecule has 1 unspecified atom stereocenters. The van der Waals surface area contributed by atoms with Crippen molar-refractivity contribution in [1.29, 1.82) is 0 Å². The summed E-state index contributed by atoms with van der Waals surface area (Å²) in [5.41, 5.74) is 1.03. The summed E-state index contributed by atoms with van der Waals surface area (Å²) < 4.78 is 6.49. The third-order valence-corrected chi connectivity index (χ3v) is 3.53. The number of rotatable bonds is 6. The summed E-state index contributed by atoms with van der Waals surface area (Å²) in [5.74, 6) is 0.757. The average Bonchev–Trinajstić information content (AvgIpc) is 2.89. The fourth-order valence-electron chi connectivity index (χ4n) is 1.38. The van der Waals surface area contributed by atoms with Gasteiger partial charge in [-0.2, -0.15) is 11.3 Å². The molecule has 0 saturated carbocycles. The Morgan fingerprint density at radius 2 is 2.06 bits per heavy atom. The second-order valence-corrected chi connectivity index (χ2v) is 5.51. The minimum atomic E-state index is -0.534. The molecule has 0 bridgehead atoms. The smallest absolute Gasteiger partial charge is 0.119 e. The maximum absolute atomic E-state index is 9.77. The highest BCUT2D eigenvalue weighted by molar-refractivity contribution is 9.10. The van der Waals surface area contributed by atoms with Crippen LogP contribution in [0.15, 0.2) is 45.6 Å². The van der Waals surface area contributed by atoms with Crippen LogP contribution in [-0.4, -0.2) is 24.4 Å². The molecule has 18 heavy (non-hydrogen) atoms. The number of aliphatic hydroxyl groups is 1. The first-order chi connectivity index (χ1) is 8.74. The van der Waals surface area contributed by atoms with Gasteiger partial charge in [0, 0.05) is 22.1 Å². The van der Waals surface area contributed by atoms with Crippen molar-refractivity contribution in [3.63, 3.8) is 0 Å². The Bertz CT molecular complexity index is 458. The van der Waals surface area contributed by atoms with Crippen LogP contribution >= 0.6 is 27.3 Å². The second-order valence-electron chi connectivity index (χ2n) is 3.81. The molecule has 1 aromatic carbocycles. The summed E-state index contributed by atoms with van der Waals surface area (Å²) in [6, 6.07) is 9.52. The summed E-state index contributed by atoms with van der Waals surface area (Å²) >= 11 is 4.98. The quantitative estimate of drug-likeness (QED) is 0.854. The monoisotopic (exact) mass is 327 g/mol. The molecular weight excluding hydrogens is 314 g/mol. The SMILES string of the molecule is OC(CNc1ccsc1)COc1ccc(Br)cc1. The first kappa shape index (κ1) is 13.4. The van der Waals surface area contributed by atoms with Crippen LogP contribution < -0.4 is 10.1 Å². The lowest BCUT2D eigenvalue weighted by Crippen LogP contribution is -2.26. The molecule has 96 valence electrons. The molecule has 0 amide bonds. The van der Waals surface area contributed by atoms with Gasteiger partial charge < -0.3 is 15.2 Å². The number of ether oxygens (including phenoxy) is 1. The lowest BCUT2D eigenvalue weighted by Gasteiger charge is -2.13. The van der Waals surface area contributed by atoms with Crippen LogP contribution in [-0.2, 0) is 0 Å². The first-order valence-corrected chi connectivity index (χ1v) is 7.30. The van der Waals surface area contributed by atoms with Crippen LogP contribution in [0.3, 0.4) is 0 Å².